The van der Waals surface area contributed by atoms with Crippen LogP contribution in [0.2, 0.25) is 0 Å². The number of carbonyl (C=O) groups excluding carboxylic acids is 1. The van der Waals surface area contributed by atoms with Gasteiger partial charge in [-0.1, -0.05) is 18.2 Å². The Morgan fingerprint density at radius 2 is 2.07 bits per heavy atom. The molecular formula is C24H28N4OS. The van der Waals surface area contributed by atoms with Crippen molar-refractivity contribution in [1.29, 1.82) is 0 Å². The number of amides is 1. The minimum Gasteiger partial charge on any atom is -0.355 e. The lowest BCUT2D eigenvalue weighted by atomic mass is 9.97. The molecule has 1 aromatic carbocycles. The van der Waals surface area contributed by atoms with Crippen molar-refractivity contribution in [2.75, 3.05) is 24.5 Å². The number of aromatic nitrogens is 2. The van der Waals surface area contributed by atoms with Gasteiger partial charge in [-0.05, 0) is 73.9 Å². The highest BCUT2D eigenvalue weighted by molar-refractivity contribution is 7.09. The number of aryl methyl sites for hydroxylation is 2. The van der Waals surface area contributed by atoms with Crippen LogP contribution in [0.5, 0.6) is 0 Å². The lowest BCUT2D eigenvalue weighted by molar-refractivity contribution is -0.125. The van der Waals surface area contributed by atoms with Crippen LogP contribution in [0.25, 0.3) is 11.3 Å². The molecular weight excluding hydrogens is 392 g/mol. The van der Waals surface area contributed by atoms with Gasteiger partial charge in [0.1, 0.15) is 0 Å². The molecule has 1 atom stereocenters. The fourth-order valence-electron chi connectivity index (χ4n) is 3.86. The third kappa shape index (κ3) is 4.87. The Morgan fingerprint density at radius 1 is 1.17 bits per heavy atom. The summed E-state index contributed by atoms with van der Waals surface area (Å²) < 4.78 is 0. The molecule has 3 aromatic rings. The van der Waals surface area contributed by atoms with E-state index in [-0.39, 0.29) is 11.8 Å². The van der Waals surface area contributed by atoms with E-state index in [0.717, 1.165) is 42.9 Å². The molecule has 1 amide bonds. The first kappa shape index (κ1) is 20.5. The van der Waals surface area contributed by atoms with Gasteiger partial charge in [-0.2, -0.15) is 0 Å². The molecule has 3 heterocycles. The van der Waals surface area contributed by atoms with E-state index in [1.807, 2.05) is 18.2 Å². The Hall–Kier alpha value is -2.73. The Balaban J connectivity index is 1.35. The van der Waals surface area contributed by atoms with Gasteiger partial charge >= 0.3 is 0 Å². The van der Waals surface area contributed by atoms with E-state index in [1.54, 1.807) is 11.3 Å². The molecule has 0 aliphatic carbocycles. The third-order valence-electron chi connectivity index (χ3n) is 5.82. The van der Waals surface area contributed by atoms with Gasteiger partial charge in [-0.25, -0.2) is 0 Å². The first-order chi connectivity index (χ1) is 14.6. The van der Waals surface area contributed by atoms with E-state index in [0.29, 0.717) is 13.1 Å². The first-order valence-corrected chi connectivity index (χ1v) is 11.4. The second-order valence-corrected chi connectivity index (χ2v) is 9.01. The molecule has 0 spiro atoms. The van der Waals surface area contributed by atoms with Gasteiger partial charge < -0.3 is 10.2 Å². The summed E-state index contributed by atoms with van der Waals surface area (Å²) in [4.78, 5) is 16.1. The maximum Gasteiger partial charge on any atom is 0.224 e. The number of nitrogens with zero attached hydrogens (tertiary/aromatic N) is 3. The minimum atomic E-state index is 0.00307. The highest BCUT2D eigenvalue weighted by Crippen LogP contribution is 2.24. The topological polar surface area (TPSA) is 58.1 Å². The van der Waals surface area contributed by atoms with E-state index in [4.69, 9.17) is 0 Å². The van der Waals surface area contributed by atoms with Crippen LogP contribution in [0.4, 0.5) is 5.82 Å². The monoisotopic (exact) mass is 420 g/mol. The molecule has 0 saturated carbocycles. The van der Waals surface area contributed by atoms with Crippen molar-refractivity contribution in [2.45, 2.75) is 33.1 Å². The predicted octanol–water partition coefficient (Wildman–Crippen LogP) is 4.40. The number of thiophene rings is 1. The average molecular weight is 421 g/mol. The molecule has 0 radical (unpaired) electrons. The van der Waals surface area contributed by atoms with Gasteiger partial charge in [0.15, 0.2) is 5.82 Å². The van der Waals surface area contributed by atoms with Crippen molar-refractivity contribution in [3.05, 3.63) is 63.8 Å². The summed E-state index contributed by atoms with van der Waals surface area (Å²) in [5.74, 6) is 0.998. The molecule has 30 heavy (non-hydrogen) atoms. The molecule has 6 heteroatoms. The van der Waals surface area contributed by atoms with E-state index in [1.165, 1.54) is 16.0 Å². The normalized spacial score (nSPS) is 16.5. The zero-order valence-electron chi connectivity index (χ0n) is 17.6. The maximum absolute atomic E-state index is 12.6. The summed E-state index contributed by atoms with van der Waals surface area (Å²) in [6.07, 6.45) is 2.81. The quantitative estimate of drug-likeness (QED) is 0.642. The standard InChI is InChI=1S/C24H28N4OS/c1-17-7-8-19(15-18(17)2)22-9-10-23(27-26-22)28-13-3-5-20(16-28)24(29)25-12-11-21-6-4-14-30-21/h4,6-10,14-15,20H,3,5,11-13,16H2,1-2H3,(H,25,29)/t20-/m1/s1. The maximum atomic E-state index is 12.6. The highest BCUT2D eigenvalue weighted by atomic mass is 32.1. The lowest BCUT2D eigenvalue weighted by Crippen LogP contribution is -2.43. The van der Waals surface area contributed by atoms with Crippen LogP contribution >= 0.6 is 11.3 Å². The Morgan fingerprint density at radius 3 is 2.80 bits per heavy atom. The van der Waals surface area contributed by atoms with Crippen molar-refractivity contribution in [3.63, 3.8) is 0 Å². The number of hydrogen-bond donors (Lipinski definition) is 1. The lowest BCUT2D eigenvalue weighted by Gasteiger charge is -2.32. The summed E-state index contributed by atoms with van der Waals surface area (Å²) in [5, 5.41) is 14.1. The van der Waals surface area contributed by atoms with Crippen molar-refractivity contribution in [2.24, 2.45) is 5.92 Å². The molecule has 1 saturated heterocycles. The highest BCUT2D eigenvalue weighted by Gasteiger charge is 2.26. The molecule has 0 unspecified atom stereocenters. The first-order valence-electron chi connectivity index (χ1n) is 10.6. The number of carbonyl (C=O) groups is 1. The molecule has 156 valence electrons. The SMILES string of the molecule is Cc1ccc(-c2ccc(N3CCC[C@@H](C(=O)NCCc4cccs4)C3)nn2)cc1C. The van der Waals surface area contributed by atoms with Crippen LogP contribution in [-0.2, 0) is 11.2 Å². The Kier molecular flexibility index (Phi) is 6.43. The third-order valence-corrected chi connectivity index (χ3v) is 6.76. The smallest absolute Gasteiger partial charge is 0.224 e. The number of nitrogens with one attached hydrogen (secondary N) is 1. The second-order valence-electron chi connectivity index (χ2n) is 7.98. The van der Waals surface area contributed by atoms with Crippen LogP contribution in [0, 0.1) is 19.8 Å². The Labute approximate surface area is 182 Å². The predicted molar refractivity (Wildman–Crippen MR) is 123 cm³/mol. The molecule has 1 fully saturated rings. The number of anilines is 1. The van der Waals surface area contributed by atoms with Crippen molar-refractivity contribution < 1.29 is 4.79 Å². The number of piperidine rings is 1. The largest absolute Gasteiger partial charge is 0.355 e. The average Bonchev–Trinajstić information content (AvgIpc) is 3.29. The summed E-state index contributed by atoms with van der Waals surface area (Å²) in [5.41, 5.74) is 4.49. The van der Waals surface area contributed by atoms with Gasteiger partial charge in [-0.15, -0.1) is 21.5 Å². The minimum absolute atomic E-state index is 0.00307. The summed E-state index contributed by atoms with van der Waals surface area (Å²) in [6, 6.07) is 14.6. The van der Waals surface area contributed by atoms with Gasteiger partial charge in [-0.3, -0.25) is 4.79 Å². The fraction of sp³-hybridized carbons (Fsp3) is 0.375. The van der Waals surface area contributed by atoms with Crippen LogP contribution in [0.1, 0.15) is 28.8 Å². The molecule has 1 N–H and O–H groups in total. The van der Waals surface area contributed by atoms with E-state index < -0.39 is 0 Å². The zero-order chi connectivity index (χ0) is 20.9. The van der Waals surface area contributed by atoms with E-state index >= 15 is 0 Å². The van der Waals surface area contributed by atoms with Crippen molar-refractivity contribution >= 4 is 23.1 Å². The number of benzene rings is 1. The Bertz CT molecular complexity index is 985. The molecule has 0 bridgehead atoms. The fourth-order valence-corrected chi connectivity index (χ4v) is 4.56. The van der Waals surface area contributed by atoms with Crippen molar-refractivity contribution in [3.8, 4) is 11.3 Å². The molecule has 2 aromatic heterocycles. The molecule has 1 aliphatic heterocycles. The van der Waals surface area contributed by atoms with Crippen molar-refractivity contribution in [1.82, 2.24) is 15.5 Å². The summed E-state index contributed by atoms with van der Waals surface area (Å²) >= 11 is 1.73. The van der Waals surface area contributed by atoms with Crippen LogP contribution < -0.4 is 10.2 Å². The van der Waals surface area contributed by atoms with E-state index in [2.05, 4.69) is 63.9 Å². The van der Waals surface area contributed by atoms with Crippen LogP contribution in [0.3, 0.4) is 0 Å². The van der Waals surface area contributed by atoms with Gasteiger partial charge in [0.05, 0.1) is 11.6 Å². The zero-order valence-corrected chi connectivity index (χ0v) is 18.4. The van der Waals surface area contributed by atoms with Crippen LogP contribution in [-0.4, -0.2) is 35.7 Å². The van der Waals surface area contributed by atoms with Gasteiger partial charge in [0.25, 0.3) is 0 Å². The number of hydrogen-bond acceptors (Lipinski definition) is 5. The second kappa shape index (κ2) is 9.39. The van der Waals surface area contributed by atoms with E-state index in [9.17, 15) is 4.79 Å². The molecule has 4 rings (SSSR count). The molecule has 1 aliphatic rings. The summed E-state index contributed by atoms with van der Waals surface area (Å²) in [7, 11) is 0. The molecule has 5 nitrogen and oxygen atoms in total. The number of rotatable bonds is 6. The van der Waals surface area contributed by atoms with Gasteiger partial charge in [0, 0.05) is 30.1 Å². The van der Waals surface area contributed by atoms with Gasteiger partial charge in [0.2, 0.25) is 5.91 Å². The van der Waals surface area contributed by atoms with Crippen LogP contribution in [0.15, 0.2) is 47.8 Å². The summed E-state index contributed by atoms with van der Waals surface area (Å²) in [6.45, 7) is 6.53.